The molecule has 1 aliphatic heterocycles. The van der Waals surface area contributed by atoms with E-state index in [1.807, 2.05) is 4.90 Å². The molecule has 2 rings (SSSR count). The average molecular weight is 343 g/mol. The molecule has 0 atom stereocenters. The molecule has 1 aromatic rings. The second-order valence-corrected chi connectivity index (χ2v) is 5.58. The van der Waals surface area contributed by atoms with E-state index in [1.54, 1.807) is 32.4 Å². The molecule has 0 spiro atoms. The van der Waals surface area contributed by atoms with Crippen molar-refractivity contribution in [1.82, 2.24) is 10.2 Å². The van der Waals surface area contributed by atoms with Gasteiger partial charge in [-0.25, -0.2) is 0 Å². The molecule has 0 unspecified atom stereocenters. The van der Waals surface area contributed by atoms with Gasteiger partial charge >= 0.3 is 0 Å². The fourth-order valence-electron chi connectivity index (χ4n) is 2.91. The summed E-state index contributed by atoms with van der Waals surface area (Å²) in [5, 5.41) is 3.35. The van der Waals surface area contributed by atoms with Crippen molar-refractivity contribution in [3.05, 3.63) is 23.8 Å². The van der Waals surface area contributed by atoms with Gasteiger partial charge in [0.15, 0.2) is 0 Å². The van der Waals surface area contributed by atoms with Gasteiger partial charge in [-0.15, -0.1) is 12.4 Å². The highest BCUT2D eigenvalue weighted by Gasteiger charge is 2.26. The van der Waals surface area contributed by atoms with Gasteiger partial charge in [0.2, 0.25) is 0 Å². The minimum absolute atomic E-state index is 0. The summed E-state index contributed by atoms with van der Waals surface area (Å²) in [5.41, 5.74) is 0.628. The first-order valence-electron chi connectivity index (χ1n) is 7.94. The maximum Gasteiger partial charge on any atom is 0.254 e. The number of hydrogen-bond acceptors (Lipinski definition) is 4. The molecule has 130 valence electrons. The number of benzene rings is 1. The van der Waals surface area contributed by atoms with Crippen molar-refractivity contribution in [3.63, 3.8) is 0 Å². The summed E-state index contributed by atoms with van der Waals surface area (Å²) in [5.74, 6) is 1.35. The summed E-state index contributed by atoms with van der Waals surface area (Å²) in [6, 6.07) is 5.67. The lowest BCUT2D eigenvalue weighted by Crippen LogP contribution is -2.46. The van der Waals surface area contributed by atoms with Crippen LogP contribution >= 0.6 is 12.4 Å². The van der Waals surface area contributed by atoms with Crippen LogP contribution in [0.25, 0.3) is 0 Å². The van der Waals surface area contributed by atoms with Crippen molar-refractivity contribution < 1.29 is 14.3 Å². The average Bonchev–Trinajstić information content (AvgIpc) is 2.59. The zero-order valence-electron chi connectivity index (χ0n) is 14.1. The van der Waals surface area contributed by atoms with Crippen LogP contribution in [0.4, 0.5) is 0 Å². The first-order valence-corrected chi connectivity index (χ1v) is 7.94. The van der Waals surface area contributed by atoms with Gasteiger partial charge in [-0.2, -0.15) is 0 Å². The summed E-state index contributed by atoms with van der Waals surface area (Å²) in [4.78, 5) is 15.0. The monoisotopic (exact) mass is 342 g/mol. The molecule has 1 aliphatic rings. The van der Waals surface area contributed by atoms with E-state index in [4.69, 9.17) is 9.47 Å². The molecule has 0 saturated carbocycles. The standard InChI is InChI=1S/C17H26N2O3.ClH/c1-4-9-19(14-5-7-18-8-6-14)17(20)13-10-15(21-2)12-16(11-13)22-3;/h10-12,14,18H,4-9H2,1-3H3;1H. The third-order valence-corrected chi connectivity index (χ3v) is 4.07. The zero-order valence-corrected chi connectivity index (χ0v) is 14.9. The van der Waals surface area contributed by atoms with Crippen LogP contribution in [0.2, 0.25) is 0 Å². The van der Waals surface area contributed by atoms with E-state index in [1.165, 1.54) is 0 Å². The Labute approximate surface area is 144 Å². The predicted octanol–water partition coefficient (Wildman–Crippen LogP) is 2.73. The Morgan fingerprint density at radius 1 is 1.17 bits per heavy atom. The van der Waals surface area contributed by atoms with E-state index in [-0.39, 0.29) is 18.3 Å². The SMILES string of the molecule is CCCN(C(=O)c1cc(OC)cc(OC)c1)C1CCNCC1.Cl. The molecular weight excluding hydrogens is 316 g/mol. The van der Waals surface area contributed by atoms with E-state index in [0.717, 1.165) is 38.9 Å². The second-order valence-electron chi connectivity index (χ2n) is 5.58. The summed E-state index contributed by atoms with van der Waals surface area (Å²) < 4.78 is 10.5. The first kappa shape index (κ1) is 19.6. The Hall–Kier alpha value is -1.46. The number of amides is 1. The minimum atomic E-state index is 0. The van der Waals surface area contributed by atoms with Crippen LogP contribution < -0.4 is 14.8 Å². The molecule has 1 heterocycles. The number of nitrogens with one attached hydrogen (secondary N) is 1. The minimum Gasteiger partial charge on any atom is -0.497 e. The van der Waals surface area contributed by atoms with Gasteiger partial charge in [0.05, 0.1) is 14.2 Å². The molecule has 1 N–H and O–H groups in total. The highest BCUT2D eigenvalue weighted by Crippen LogP contribution is 2.25. The van der Waals surface area contributed by atoms with Crippen molar-refractivity contribution in [2.45, 2.75) is 32.2 Å². The summed E-state index contributed by atoms with van der Waals surface area (Å²) in [7, 11) is 3.19. The van der Waals surface area contributed by atoms with Crippen molar-refractivity contribution in [2.75, 3.05) is 33.9 Å². The number of carbonyl (C=O) groups excluding carboxylic acids is 1. The Morgan fingerprint density at radius 2 is 1.74 bits per heavy atom. The third kappa shape index (κ3) is 5.01. The molecule has 0 aromatic heterocycles. The molecule has 6 heteroatoms. The van der Waals surface area contributed by atoms with Crippen LogP contribution in [0.1, 0.15) is 36.5 Å². The number of rotatable bonds is 6. The molecule has 0 aliphatic carbocycles. The number of methoxy groups -OCH3 is 2. The predicted molar refractivity (Wildman–Crippen MR) is 94.0 cm³/mol. The molecule has 1 saturated heterocycles. The first-order chi connectivity index (χ1) is 10.7. The highest BCUT2D eigenvalue weighted by molar-refractivity contribution is 5.95. The van der Waals surface area contributed by atoms with Gasteiger partial charge in [0.1, 0.15) is 11.5 Å². The summed E-state index contributed by atoms with van der Waals surface area (Å²) in [6.45, 7) is 4.83. The Kier molecular flexibility index (Phi) is 8.20. The van der Waals surface area contributed by atoms with E-state index >= 15 is 0 Å². The van der Waals surface area contributed by atoms with Crippen LogP contribution in [-0.4, -0.2) is 50.7 Å². The van der Waals surface area contributed by atoms with E-state index < -0.39 is 0 Å². The lowest BCUT2D eigenvalue weighted by Gasteiger charge is -2.34. The number of piperidine rings is 1. The third-order valence-electron chi connectivity index (χ3n) is 4.07. The number of halogens is 1. The zero-order chi connectivity index (χ0) is 15.9. The van der Waals surface area contributed by atoms with Crippen molar-refractivity contribution in [1.29, 1.82) is 0 Å². The highest BCUT2D eigenvalue weighted by atomic mass is 35.5. The lowest BCUT2D eigenvalue weighted by atomic mass is 10.0. The van der Waals surface area contributed by atoms with Crippen molar-refractivity contribution in [2.24, 2.45) is 0 Å². The molecule has 5 nitrogen and oxygen atoms in total. The van der Waals surface area contributed by atoms with Gasteiger partial charge < -0.3 is 19.7 Å². The Morgan fingerprint density at radius 3 is 2.22 bits per heavy atom. The van der Waals surface area contributed by atoms with Crippen LogP contribution in [0.3, 0.4) is 0 Å². The van der Waals surface area contributed by atoms with Gasteiger partial charge in [-0.3, -0.25) is 4.79 Å². The fraction of sp³-hybridized carbons (Fsp3) is 0.588. The normalized spacial score (nSPS) is 14.7. The summed E-state index contributed by atoms with van der Waals surface area (Å²) in [6.07, 6.45) is 2.97. The van der Waals surface area contributed by atoms with Gasteiger partial charge in [-0.1, -0.05) is 6.92 Å². The summed E-state index contributed by atoms with van der Waals surface area (Å²) >= 11 is 0. The molecule has 1 fully saturated rings. The van der Waals surface area contributed by atoms with Crippen LogP contribution in [-0.2, 0) is 0 Å². The largest absolute Gasteiger partial charge is 0.497 e. The topological polar surface area (TPSA) is 50.8 Å². The van der Waals surface area contributed by atoms with Crippen LogP contribution in [0.15, 0.2) is 18.2 Å². The van der Waals surface area contributed by atoms with Gasteiger partial charge in [-0.05, 0) is 44.5 Å². The molecular formula is C17H27ClN2O3. The Balaban J connectivity index is 0.00000264. The number of nitrogens with zero attached hydrogens (tertiary/aromatic N) is 1. The van der Waals surface area contributed by atoms with Crippen molar-refractivity contribution >= 4 is 18.3 Å². The van der Waals surface area contributed by atoms with Gasteiger partial charge in [0.25, 0.3) is 5.91 Å². The second kappa shape index (κ2) is 9.63. The number of hydrogen-bond donors (Lipinski definition) is 1. The molecule has 1 amide bonds. The van der Waals surface area contributed by atoms with E-state index in [0.29, 0.717) is 23.1 Å². The van der Waals surface area contributed by atoms with E-state index in [9.17, 15) is 4.79 Å². The smallest absolute Gasteiger partial charge is 0.254 e. The van der Waals surface area contributed by atoms with E-state index in [2.05, 4.69) is 12.2 Å². The fourth-order valence-corrected chi connectivity index (χ4v) is 2.91. The van der Waals surface area contributed by atoms with Crippen LogP contribution in [0, 0.1) is 0 Å². The maximum absolute atomic E-state index is 13.0. The Bertz CT molecular complexity index is 482. The molecule has 23 heavy (non-hydrogen) atoms. The molecule has 0 bridgehead atoms. The maximum atomic E-state index is 13.0. The van der Waals surface area contributed by atoms with Gasteiger partial charge in [0, 0.05) is 24.2 Å². The van der Waals surface area contributed by atoms with Crippen molar-refractivity contribution in [3.8, 4) is 11.5 Å². The number of ether oxygens (including phenoxy) is 2. The molecule has 0 radical (unpaired) electrons. The number of carbonyl (C=O) groups is 1. The quantitative estimate of drug-likeness (QED) is 0.863. The molecule has 1 aromatic carbocycles. The van der Waals surface area contributed by atoms with Crippen LogP contribution in [0.5, 0.6) is 11.5 Å². The lowest BCUT2D eigenvalue weighted by molar-refractivity contribution is 0.0642.